The molecular weight excluding hydrogens is 236 g/mol. The Morgan fingerprint density at radius 2 is 2.00 bits per heavy atom. The highest BCUT2D eigenvalue weighted by Gasteiger charge is 2.22. The minimum atomic E-state index is 0.807. The number of hydrogen-bond acceptors (Lipinski definition) is 3. The quantitative estimate of drug-likeness (QED) is 0.885. The summed E-state index contributed by atoms with van der Waals surface area (Å²) in [4.78, 5) is 2.54. The SMILES string of the molecule is CCNCc1oc(CN2CC(C)CC(C)C2)cc1C. The van der Waals surface area contributed by atoms with Crippen LogP contribution in [0.3, 0.4) is 0 Å². The van der Waals surface area contributed by atoms with E-state index in [2.05, 4.69) is 44.0 Å². The molecule has 1 aromatic rings. The molecule has 1 aromatic heterocycles. The van der Waals surface area contributed by atoms with Crippen molar-refractivity contribution in [3.05, 3.63) is 23.2 Å². The Labute approximate surface area is 117 Å². The topological polar surface area (TPSA) is 28.4 Å². The molecule has 108 valence electrons. The molecule has 0 bridgehead atoms. The van der Waals surface area contributed by atoms with Crippen molar-refractivity contribution in [2.45, 2.75) is 47.2 Å². The molecule has 0 spiro atoms. The number of piperidine rings is 1. The number of nitrogens with zero attached hydrogens (tertiary/aromatic N) is 1. The Morgan fingerprint density at radius 3 is 2.63 bits per heavy atom. The highest BCUT2D eigenvalue weighted by Crippen LogP contribution is 2.24. The second-order valence-electron chi connectivity index (χ2n) is 6.24. The first-order valence-electron chi connectivity index (χ1n) is 7.59. The standard InChI is InChI=1S/C16H28N2O/c1-5-17-8-16-14(4)7-15(19-16)11-18-9-12(2)6-13(3)10-18/h7,12-13,17H,5-6,8-11H2,1-4H3. The first kappa shape index (κ1) is 14.6. The Kier molecular flexibility index (Phi) is 5.06. The van der Waals surface area contributed by atoms with Crippen molar-refractivity contribution in [3.8, 4) is 0 Å². The normalized spacial score (nSPS) is 24.8. The number of hydrogen-bond donors (Lipinski definition) is 1. The largest absolute Gasteiger partial charge is 0.463 e. The molecular formula is C16H28N2O. The second-order valence-corrected chi connectivity index (χ2v) is 6.24. The first-order valence-corrected chi connectivity index (χ1v) is 7.59. The fraction of sp³-hybridized carbons (Fsp3) is 0.750. The lowest BCUT2D eigenvalue weighted by Gasteiger charge is -2.34. The van der Waals surface area contributed by atoms with Crippen LogP contribution < -0.4 is 5.32 Å². The van der Waals surface area contributed by atoms with Crippen molar-refractivity contribution in [1.82, 2.24) is 10.2 Å². The van der Waals surface area contributed by atoms with Crippen molar-refractivity contribution in [2.75, 3.05) is 19.6 Å². The minimum Gasteiger partial charge on any atom is -0.463 e. The Balaban J connectivity index is 1.95. The van der Waals surface area contributed by atoms with Crippen molar-refractivity contribution in [2.24, 2.45) is 11.8 Å². The van der Waals surface area contributed by atoms with Crippen molar-refractivity contribution >= 4 is 0 Å². The van der Waals surface area contributed by atoms with E-state index in [9.17, 15) is 0 Å². The number of aryl methyl sites for hydroxylation is 1. The summed E-state index contributed by atoms with van der Waals surface area (Å²) in [7, 11) is 0. The van der Waals surface area contributed by atoms with Gasteiger partial charge in [-0.15, -0.1) is 0 Å². The van der Waals surface area contributed by atoms with Gasteiger partial charge in [-0.05, 0) is 43.4 Å². The van der Waals surface area contributed by atoms with Gasteiger partial charge in [0, 0.05) is 13.1 Å². The third kappa shape index (κ3) is 4.08. The number of furan rings is 1. The Bertz CT molecular complexity index is 389. The van der Waals surface area contributed by atoms with Crippen LogP contribution in [0.2, 0.25) is 0 Å². The van der Waals surface area contributed by atoms with E-state index in [-0.39, 0.29) is 0 Å². The molecule has 2 heterocycles. The van der Waals surface area contributed by atoms with E-state index in [0.29, 0.717) is 0 Å². The maximum atomic E-state index is 5.99. The van der Waals surface area contributed by atoms with Gasteiger partial charge in [-0.3, -0.25) is 4.90 Å². The van der Waals surface area contributed by atoms with Gasteiger partial charge in [0.2, 0.25) is 0 Å². The summed E-state index contributed by atoms with van der Waals surface area (Å²) in [5.74, 6) is 3.82. The van der Waals surface area contributed by atoms with Crippen LogP contribution in [0.1, 0.15) is 44.3 Å². The third-order valence-electron chi connectivity index (χ3n) is 3.93. The Morgan fingerprint density at radius 1 is 1.32 bits per heavy atom. The van der Waals surface area contributed by atoms with E-state index in [1.807, 2.05) is 0 Å². The van der Waals surface area contributed by atoms with Crippen molar-refractivity contribution < 1.29 is 4.42 Å². The fourth-order valence-corrected chi connectivity index (χ4v) is 3.22. The second kappa shape index (κ2) is 6.58. The number of nitrogens with one attached hydrogen (secondary N) is 1. The van der Waals surface area contributed by atoms with Gasteiger partial charge in [-0.2, -0.15) is 0 Å². The zero-order valence-electron chi connectivity index (χ0n) is 12.8. The van der Waals surface area contributed by atoms with Crippen LogP contribution in [0.25, 0.3) is 0 Å². The maximum absolute atomic E-state index is 5.99. The van der Waals surface area contributed by atoms with Gasteiger partial charge in [0.05, 0.1) is 13.1 Å². The van der Waals surface area contributed by atoms with Gasteiger partial charge in [0.15, 0.2) is 0 Å². The monoisotopic (exact) mass is 264 g/mol. The van der Waals surface area contributed by atoms with Gasteiger partial charge in [0.25, 0.3) is 0 Å². The molecule has 3 nitrogen and oxygen atoms in total. The predicted octanol–water partition coefficient (Wildman–Crippen LogP) is 3.18. The molecule has 0 saturated carbocycles. The van der Waals surface area contributed by atoms with Gasteiger partial charge in [-0.1, -0.05) is 20.8 Å². The summed E-state index contributed by atoms with van der Waals surface area (Å²) in [5, 5.41) is 3.33. The summed E-state index contributed by atoms with van der Waals surface area (Å²) in [6, 6.07) is 2.20. The molecule has 1 aliphatic heterocycles. The summed E-state index contributed by atoms with van der Waals surface area (Å²) in [6.45, 7) is 14.2. The lowest BCUT2D eigenvalue weighted by atomic mass is 9.92. The van der Waals surface area contributed by atoms with Crippen molar-refractivity contribution in [3.63, 3.8) is 0 Å². The van der Waals surface area contributed by atoms with E-state index in [1.54, 1.807) is 0 Å². The van der Waals surface area contributed by atoms with Crippen LogP contribution in [0.4, 0.5) is 0 Å². The fourth-order valence-electron chi connectivity index (χ4n) is 3.22. The van der Waals surface area contributed by atoms with Crippen molar-refractivity contribution in [1.29, 1.82) is 0 Å². The summed E-state index contributed by atoms with van der Waals surface area (Å²) in [6.07, 6.45) is 1.36. The average Bonchev–Trinajstić information content (AvgIpc) is 2.65. The molecule has 3 heteroatoms. The number of likely N-dealkylation sites (tertiary alicyclic amines) is 1. The minimum absolute atomic E-state index is 0.807. The van der Waals surface area contributed by atoms with Crippen LogP contribution >= 0.6 is 0 Å². The summed E-state index contributed by atoms with van der Waals surface area (Å²) in [5.41, 5.74) is 1.27. The third-order valence-corrected chi connectivity index (χ3v) is 3.93. The van der Waals surface area contributed by atoms with E-state index in [1.165, 1.54) is 25.1 Å². The van der Waals surface area contributed by atoms with E-state index >= 15 is 0 Å². The van der Waals surface area contributed by atoms with Crippen LogP contribution in [-0.4, -0.2) is 24.5 Å². The highest BCUT2D eigenvalue weighted by molar-refractivity contribution is 5.20. The van der Waals surface area contributed by atoms with Crippen LogP contribution in [0.5, 0.6) is 0 Å². The van der Waals surface area contributed by atoms with E-state index in [0.717, 1.165) is 43.0 Å². The molecule has 0 aliphatic carbocycles. The van der Waals surface area contributed by atoms with Crippen LogP contribution in [0.15, 0.2) is 10.5 Å². The first-order chi connectivity index (χ1) is 9.08. The maximum Gasteiger partial charge on any atom is 0.120 e. The van der Waals surface area contributed by atoms with Gasteiger partial charge < -0.3 is 9.73 Å². The Hall–Kier alpha value is -0.800. The molecule has 1 saturated heterocycles. The zero-order valence-corrected chi connectivity index (χ0v) is 12.8. The summed E-state index contributed by atoms with van der Waals surface area (Å²) >= 11 is 0. The van der Waals surface area contributed by atoms with E-state index in [4.69, 9.17) is 4.42 Å². The molecule has 0 aromatic carbocycles. The smallest absolute Gasteiger partial charge is 0.120 e. The van der Waals surface area contributed by atoms with Gasteiger partial charge in [-0.25, -0.2) is 0 Å². The van der Waals surface area contributed by atoms with Crippen LogP contribution in [0, 0.1) is 18.8 Å². The molecule has 2 unspecified atom stereocenters. The van der Waals surface area contributed by atoms with Crippen LogP contribution in [-0.2, 0) is 13.1 Å². The molecule has 2 rings (SSSR count). The molecule has 19 heavy (non-hydrogen) atoms. The van der Waals surface area contributed by atoms with E-state index < -0.39 is 0 Å². The van der Waals surface area contributed by atoms with Gasteiger partial charge in [0.1, 0.15) is 11.5 Å². The molecule has 1 N–H and O–H groups in total. The highest BCUT2D eigenvalue weighted by atomic mass is 16.3. The molecule has 1 aliphatic rings. The van der Waals surface area contributed by atoms with Gasteiger partial charge >= 0.3 is 0 Å². The number of rotatable bonds is 5. The lowest BCUT2D eigenvalue weighted by molar-refractivity contribution is 0.125. The predicted molar refractivity (Wildman–Crippen MR) is 79.0 cm³/mol. The molecule has 0 amide bonds. The summed E-state index contributed by atoms with van der Waals surface area (Å²) < 4.78 is 5.99. The molecule has 0 radical (unpaired) electrons. The molecule has 2 atom stereocenters. The zero-order chi connectivity index (χ0) is 13.8. The molecule has 1 fully saturated rings. The average molecular weight is 264 g/mol. The lowest BCUT2D eigenvalue weighted by Crippen LogP contribution is -2.37.